The summed E-state index contributed by atoms with van der Waals surface area (Å²) in [4.78, 5) is 2.20. The smallest absolute Gasteiger partial charge is 0.0731 e. The largest absolute Gasteiger partial charge is 0.391 e. The summed E-state index contributed by atoms with van der Waals surface area (Å²) in [5.74, 6) is 0. The second-order valence-corrected chi connectivity index (χ2v) is 4.27. The maximum Gasteiger partial charge on any atom is 0.0731 e. The SMILES string of the molecule is C[C@@H](N)c1ccc(N2CCC(O)C2)cc1. The van der Waals surface area contributed by atoms with Crippen molar-refractivity contribution in [2.45, 2.75) is 25.5 Å². The third kappa shape index (κ3) is 2.30. The molecular formula is C12H18N2O. The van der Waals surface area contributed by atoms with E-state index in [0.29, 0.717) is 0 Å². The van der Waals surface area contributed by atoms with Crippen LogP contribution in [0.3, 0.4) is 0 Å². The van der Waals surface area contributed by atoms with E-state index >= 15 is 0 Å². The standard InChI is InChI=1S/C12H18N2O/c1-9(13)10-2-4-11(5-3-10)14-7-6-12(15)8-14/h2-5,9,12,15H,6-8,13H2,1H3/t9-,12?/m1/s1. The normalized spacial score (nSPS) is 23.1. The van der Waals surface area contributed by atoms with Gasteiger partial charge in [0.2, 0.25) is 0 Å². The Labute approximate surface area is 90.5 Å². The molecule has 0 aliphatic carbocycles. The molecule has 2 atom stereocenters. The number of nitrogens with zero attached hydrogens (tertiary/aromatic N) is 1. The summed E-state index contributed by atoms with van der Waals surface area (Å²) in [6, 6.07) is 8.37. The summed E-state index contributed by atoms with van der Waals surface area (Å²) in [6.07, 6.45) is 0.702. The lowest BCUT2D eigenvalue weighted by Crippen LogP contribution is -2.21. The summed E-state index contributed by atoms with van der Waals surface area (Å²) in [5.41, 5.74) is 8.11. The van der Waals surface area contributed by atoms with Gasteiger partial charge in [-0.15, -0.1) is 0 Å². The Balaban J connectivity index is 2.10. The number of nitrogens with two attached hydrogens (primary N) is 1. The highest BCUT2D eigenvalue weighted by Crippen LogP contribution is 2.22. The Bertz CT molecular complexity index is 321. The lowest BCUT2D eigenvalue weighted by atomic mass is 10.1. The molecule has 0 saturated carbocycles. The van der Waals surface area contributed by atoms with Crippen molar-refractivity contribution in [3.63, 3.8) is 0 Å². The topological polar surface area (TPSA) is 49.5 Å². The summed E-state index contributed by atoms with van der Waals surface area (Å²) >= 11 is 0. The molecule has 15 heavy (non-hydrogen) atoms. The van der Waals surface area contributed by atoms with E-state index in [0.717, 1.165) is 25.1 Å². The van der Waals surface area contributed by atoms with Crippen molar-refractivity contribution in [1.82, 2.24) is 0 Å². The number of benzene rings is 1. The molecule has 1 aromatic carbocycles. The Morgan fingerprint density at radius 3 is 2.53 bits per heavy atom. The van der Waals surface area contributed by atoms with Crippen LogP contribution in [0, 0.1) is 0 Å². The highest BCUT2D eigenvalue weighted by Gasteiger charge is 2.20. The molecule has 0 bridgehead atoms. The van der Waals surface area contributed by atoms with Crippen LogP contribution >= 0.6 is 0 Å². The van der Waals surface area contributed by atoms with Gasteiger partial charge in [-0.25, -0.2) is 0 Å². The molecule has 3 N–H and O–H groups in total. The van der Waals surface area contributed by atoms with Crippen molar-refractivity contribution in [2.24, 2.45) is 5.73 Å². The number of β-amino-alcohol motifs (C(OH)–C–C–N with tert-alkyl or cyclic N) is 1. The molecule has 1 heterocycles. The summed E-state index contributed by atoms with van der Waals surface area (Å²) in [6.45, 7) is 3.67. The zero-order chi connectivity index (χ0) is 10.8. The van der Waals surface area contributed by atoms with Crippen molar-refractivity contribution in [3.8, 4) is 0 Å². The Morgan fingerprint density at radius 1 is 1.40 bits per heavy atom. The van der Waals surface area contributed by atoms with Crippen LogP contribution in [0.2, 0.25) is 0 Å². The third-order valence-corrected chi connectivity index (χ3v) is 2.95. The molecule has 1 aliphatic heterocycles. The number of rotatable bonds is 2. The van der Waals surface area contributed by atoms with E-state index in [4.69, 9.17) is 5.73 Å². The van der Waals surface area contributed by atoms with Crippen molar-refractivity contribution < 1.29 is 5.11 Å². The second-order valence-electron chi connectivity index (χ2n) is 4.27. The summed E-state index contributed by atoms with van der Waals surface area (Å²) < 4.78 is 0. The molecule has 0 amide bonds. The quantitative estimate of drug-likeness (QED) is 0.766. The van der Waals surface area contributed by atoms with Crippen molar-refractivity contribution in [1.29, 1.82) is 0 Å². The van der Waals surface area contributed by atoms with Crippen LogP contribution in [0.4, 0.5) is 5.69 Å². The lowest BCUT2D eigenvalue weighted by Gasteiger charge is -2.18. The molecular weight excluding hydrogens is 188 g/mol. The zero-order valence-electron chi connectivity index (χ0n) is 9.06. The Hall–Kier alpha value is -1.06. The van der Waals surface area contributed by atoms with Gasteiger partial charge in [-0.05, 0) is 31.0 Å². The molecule has 0 spiro atoms. The molecule has 1 aliphatic rings. The maximum absolute atomic E-state index is 9.44. The van der Waals surface area contributed by atoms with Crippen LogP contribution in [0.25, 0.3) is 0 Å². The van der Waals surface area contributed by atoms with Gasteiger partial charge in [0.05, 0.1) is 6.10 Å². The predicted octanol–water partition coefficient (Wildman–Crippen LogP) is 1.28. The summed E-state index contributed by atoms with van der Waals surface area (Å²) in [5, 5.41) is 9.44. The number of aliphatic hydroxyl groups excluding tert-OH is 1. The molecule has 1 unspecified atom stereocenters. The average Bonchev–Trinajstić information content (AvgIpc) is 2.65. The van der Waals surface area contributed by atoms with Crippen LogP contribution in [0.1, 0.15) is 24.9 Å². The fraction of sp³-hybridized carbons (Fsp3) is 0.500. The van der Waals surface area contributed by atoms with Gasteiger partial charge in [0, 0.05) is 24.8 Å². The minimum atomic E-state index is -0.168. The van der Waals surface area contributed by atoms with Crippen molar-refractivity contribution in [2.75, 3.05) is 18.0 Å². The first-order chi connectivity index (χ1) is 7.16. The molecule has 0 radical (unpaired) electrons. The van der Waals surface area contributed by atoms with E-state index in [-0.39, 0.29) is 12.1 Å². The zero-order valence-corrected chi connectivity index (χ0v) is 9.06. The molecule has 3 heteroatoms. The average molecular weight is 206 g/mol. The van der Waals surface area contributed by atoms with Crippen molar-refractivity contribution in [3.05, 3.63) is 29.8 Å². The number of hydrogen-bond donors (Lipinski definition) is 2. The monoisotopic (exact) mass is 206 g/mol. The third-order valence-electron chi connectivity index (χ3n) is 2.95. The van der Waals surface area contributed by atoms with E-state index in [9.17, 15) is 5.11 Å². The van der Waals surface area contributed by atoms with E-state index in [1.54, 1.807) is 0 Å². The number of anilines is 1. The first-order valence-corrected chi connectivity index (χ1v) is 5.45. The van der Waals surface area contributed by atoms with E-state index in [2.05, 4.69) is 29.2 Å². The van der Waals surface area contributed by atoms with Gasteiger partial charge in [0.1, 0.15) is 0 Å². The highest BCUT2D eigenvalue weighted by atomic mass is 16.3. The van der Waals surface area contributed by atoms with Gasteiger partial charge in [-0.1, -0.05) is 12.1 Å². The fourth-order valence-corrected chi connectivity index (χ4v) is 1.97. The predicted molar refractivity (Wildman–Crippen MR) is 61.9 cm³/mol. The Kier molecular flexibility index (Phi) is 2.93. The van der Waals surface area contributed by atoms with Crippen molar-refractivity contribution >= 4 is 5.69 Å². The van der Waals surface area contributed by atoms with Crippen LogP contribution in [-0.2, 0) is 0 Å². The summed E-state index contributed by atoms with van der Waals surface area (Å²) in [7, 11) is 0. The fourth-order valence-electron chi connectivity index (χ4n) is 1.97. The van der Waals surface area contributed by atoms with Gasteiger partial charge in [0.25, 0.3) is 0 Å². The number of hydrogen-bond acceptors (Lipinski definition) is 3. The van der Waals surface area contributed by atoms with Gasteiger partial charge in [0.15, 0.2) is 0 Å². The van der Waals surface area contributed by atoms with Crippen LogP contribution in [0.5, 0.6) is 0 Å². The van der Waals surface area contributed by atoms with E-state index in [1.807, 2.05) is 6.92 Å². The van der Waals surface area contributed by atoms with E-state index < -0.39 is 0 Å². The molecule has 3 nitrogen and oxygen atoms in total. The van der Waals surface area contributed by atoms with Gasteiger partial charge in [-0.3, -0.25) is 0 Å². The van der Waals surface area contributed by atoms with E-state index in [1.165, 1.54) is 5.69 Å². The lowest BCUT2D eigenvalue weighted by molar-refractivity contribution is 0.198. The first-order valence-electron chi connectivity index (χ1n) is 5.45. The molecule has 82 valence electrons. The minimum Gasteiger partial charge on any atom is -0.391 e. The van der Waals surface area contributed by atoms with Crippen LogP contribution < -0.4 is 10.6 Å². The van der Waals surface area contributed by atoms with Crippen LogP contribution in [-0.4, -0.2) is 24.3 Å². The number of aliphatic hydroxyl groups is 1. The molecule has 2 rings (SSSR count). The molecule has 1 fully saturated rings. The second kappa shape index (κ2) is 4.21. The first kappa shape index (κ1) is 10.5. The van der Waals surface area contributed by atoms with Gasteiger partial charge >= 0.3 is 0 Å². The minimum absolute atomic E-state index is 0.0863. The maximum atomic E-state index is 9.44. The Morgan fingerprint density at radius 2 is 2.07 bits per heavy atom. The van der Waals surface area contributed by atoms with Crippen LogP contribution in [0.15, 0.2) is 24.3 Å². The highest BCUT2D eigenvalue weighted by molar-refractivity contribution is 5.49. The van der Waals surface area contributed by atoms with Gasteiger partial charge < -0.3 is 15.7 Å². The molecule has 1 aromatic rings. The molecule has 0 aromatic heterocycles. The molecule has 1 saturated heterocycles. The van der Waals surface area contributed by atoms with Gasteiger partial charge in [-0.2, -0.15) is 0 Å².